The number of para-hydroxylation sites is 1. The van der Waals surface area contributed by atoms with E-state index in [2.05, 4.69) is 210 Å². The fourth-order valence-corrected chi connectivity index (χ4v) is 9.69. The number of nitrogens with zero attached hydrogens (tertiary/aromatic N) is 3. The average Bonchev–Trinajstić information content (AvgIpc) is 3.79. The Labute approximate surface area is 450 Å². The summed E-state index contributed by atoms with van der Waals surface area (Å²) in [6, 6.07) is 67.4. The van der Waals surface area contributed by atoms with Crippen molar-refractivity contribution in [1.82, 2.24) is 14.5 Å². The average molecular weight is 1140 g/mol. The van der Waals surface area contributed by atoms with Crippen LogP contribution in [0.2, 0.25) is 0 Å². The fraction of sp³-hybridized carbons (Fsp3) is 0.206. The van der Waals surface area contributed by atoms with Crippen molar-refractivity contribution in [2.24, 2.45) is 0 Å². The molecule has 10 aromatic rings. The molecule has 0 aliphatic carbocycles. The Kier molecular flexibility index (Phi) is 13.5. The van der Waals surface area contributed by atoms with Crippen LogP contribution in [0.15, 0.2) is 188 Å². The molecule has 0 saturated carbocycles. The number of hydrogen-bond acceptors (Lipinski definition) is 3. The number of rotatable bonds is 10. The van der Waals surface area contributed by atoms with Crippen LogP contribution in [-0.2, 0) is 31.9 Å². The van der Waals surface area contributed by atoms with Crippen LogP contribution < -0.4 is 0 Å². The number of phenolic OH excluding ortho intramolecular Hbond substituents is 1. The second-order valence-electron chi connectivity index (χ2n) is 21.6. The summed E-state index contributed by atoms with van der Waals surface area (Å²) in [6.45, 7) is 20.6. The third-order valence-corrected chi connectivity index (χ3v) is 13.9. The summed E-state index contributed by atoms with van der Waals surface area (Å²) < 4.78 is 20.7. The van der Waals surface area contributed by atoms with Crippen molar-refractivity contribution in [3.8, 4) is 89.7 Å². The molecule has 8 aromatic carbocycles. The Balaban J connectivity index is 0.00000689. The first-order valence-corrected chi connectivity index (χ1v) is 25.0. The molecule has 0 aliphatic rings. The van der Waals surface area contributed by atoms with E-state index in [0.717, 1.165) is 72.5 Å². The molecule has 5 heteroatoms. The van der Waals surface area contributed by atoms with E-state index < -0.39 is 11.8 Å². The molecule has 2 heterocycles. The molecule has 368 valence electrons. The van der Waals surface area contributed by atoms with Crippen LogP contribution >= 0.6 is 0 Å². The van der Waals surface area contributed by atoms with Crippen molar-refractivity contribution in [1.29, 1.82) is 0 Å². The molecule has 0 unspecified atom stereocenters. The SMILES string of the molecule is [2H]C(C)(C)c1cc(-c2nc3c(-c4[c-]c(-c5cc(-c6ccc(-c7ccccc7)cc6)ccn5)cc(-c5ccccc5)c4)cccc3n2-c2ccc(C(C)(C)C)cc2-c2ccc(C(C)(C)C)cc2)c(O)c(C([2H])(C)C)c1.[Pt]. The van der Waals surface area contributed by atoms with Gasteiger partial charge < -0.3 is 5.11 Å². The third kappa shape index (κ3) is 10.3. The van der Waals surface area contributed by atoms with Crippen molar-refractivity contribution in [2.75, 3.05) is 0 Å². The number of pyridine rings is 1. The van der Waals surface area contributed by atoms with Crippen LogP contribution in [0.5, 0.6) is 5.75 Å². The maximum atomic E-state index is 12.5. The Hall–Kier alpha value is -7.13. The van der Waals surface area contributed by atoms with E-state index in [1.807, 2.05) is 44.3 Å². The number of aromatic nitrogens is 3. The summed E-state index contributed by atoms with van der Waals surface area (Å²) in [5, 5.41) is 12.5. The number of phenols is 1. The second-order valence-corrected chi connectivity index (χ2v) is 21.6. The van der Waals surface area contributed by atoms with Gasteiger partial charge >= 0.3 is 0 Å². The number of benzene rings is 8. The van der Waals surface area contributed by atoms with Gasteiger partial charge in [-0.3, -0.25) is 9.55 Å². The van der Waals surface area contributed by atoms with E-state index in [0.29, 0.717) is 28.0 Å². The molecule has 0 radical (unpaired) electrons. The van der Waals surface area contributed by atoms with E-state index in [-0.39, 0.29) is 37.6 Å². The smallest absolute Gasteiger partial charge is 0.148 e. The zero-order chi connectivity index (χ0) is 52.3. The first-order valence-electron chi connectivity index (χ1n) is 26.0. The van der Waals surface area contributed by atoms with E-state index in [9.17, 15) is 7.85 Å². The van der Waals surface area contributed by atoms with E-state index >= 15 is 0 Å². The van der Waals surface area contributed by atoms with Gasteiger partial charge in [-0.1, -0.05) is 225 Å². The zero-order valence-corrected chi connectivity index (χ0v) is 45.8. The molecule has 1 N–H and O–H groups in total. The van der Waals surface area contributed by atoms with Crippen molar-refractivity contribution >= 4 is 11.0 Å². The predicted octanol–water partition coefficient (Wildman–Crippen LogP) is 18.4. The fourth-order valence-electron chi connectivity index (χ4n) is 9.69. The van der Waals surface area contributed by atoms with Gasteiger partial charge in [0.25, 0.3) is 0 Å². The van der Waals surface area contributed by atoms with Gasteiger partial charge in [0.2, 0.25) is 0 Å². The minimum Gasteiger partial charge on any atom is -0.507 e. The van der Waals surface area contributed by atoms with E-state index in [1.165, 1.54) is 16.7 Å². The molecule has 0 bridgehead atoms. The van der Waals surface area contributed by atoms with Gasteiger partial charge in [0.05, 0.1) is 22.3 Å². The molecular formula is C68H64N3OPt-. The van der Waals surface area contributed by atoms with Crippen molar-refractivity contribution < 1.29 is 28.9 Å². The second kappa shape index (κ2) is 20.4. The number of aromatic hydroxyl groups is 1. The van der Waals surface area contributed by atoms with Crippen LogP contribution in [-0.4, -0.2) is 19.6 Å². The van der Waals surface area contributed by atoms with E-state index in [4.69, 9.17) is 9.97 Å². The Morgan fingerprint density at radius 2 is 1.08 bits per heavy atom. The van der Waals surface area contributed by atoms with Crippen LogP contribution in [0, 0.1) is 6.07 Å². The van der Waals surface area contributed by atoms with Gasteiger partial charge in [0, 0.05) is 41.3 Å². The molecule has 4 nitrogen and oxygen atoms in total. The first kappa shape index (κ1) is 48.2. The summed E-state index contributed by atoms with van der Waals surface area (Å²) in [7, 11) is 0. The van der Waals surface area contributed by atoms with Crippen molar-refractivity contribution in [2.45, 2.75) is 91.9 Å². The molecule has 0 atom stereocenters. The van der Waals surface area contributed by atoms with Gasteiger partial charge in [0.1, 0.15) is 11.6 Å². The Morgan fingerprint density at radius 3 is 1.70 bits per heavy atom. The van der Waals surface area contributed by atoms with Crippen molar-refractivity contribution in [3.63, 3.8) is 0 Å². The summed E-state index contributed by atoms with van der Waals surface area (Å²) in [5.74, 6) is -1.75. The van der Waals surface area contributed by atoms with Gasteiger partial charge in [0.15, 0.2) is 0 Å². The molecule has 0 fully saturated rings. The molecule has 0 aliphatic heterocycles. The number of imidazole rings is 1. The molecule has 10 rings (SSSR count). The van der Waals surface area contributed by atoms with Crippen LogP contribution in [0.25, 0.3) is 95.0 Å². The third-order valence-electron chi connectivity index (χ3n) is 13.9. The topological polar surface area (TPSA) is 50.9 Å². The summed E-state index contributed by atoms with van der Waals surface area (Å²) >= 11 is 0. The number of fused-ring (bicyclic) bond motifs is 1. The Bertz CT molecular complexity index is 3690. The summed E-state index contributed by atoms with van der Waals surface area (Å²) in [4.78, 5) is 10.6. The van der Waals surface area contributed by atoms with Gasteiger partial charge in [-0.15, -0.1) is 23.8 Å². The van der Waals surface area contributed by atoms with Gasteiger partial charge in [-0.05, 0) is 109 Å². The normalized spacial score (nSPS) is 12.6. The maximum absolute atomic E-state index is 12.5. The van der Waals surface area contributed by atoms with E-state index in [1.54, 1.807) is 13.8 Å². The molecule has 0 saturated heterocycles. The summed E-state index contributed by atoms with van der Waals surface area (Å²) in [6.07, 6.45) is 1.87. The molecule has 73 heavy (non-hydrogen) atoms. The van der Waals surface area contributed by atoms with Crippen LogP contribution in [0.3, 0.4) is 0 Å². The van der Waals surface area contributed by atoms with Gasteiger partial charge in [-0.25, -0.2) is 4.98 Å². The molecular weight excluding hydrogens is 1070 g/mol. The summed E-state index contributed by atoms with van der Waals surface area (Å²) in [5.41, 5.74) is 18.2. The van der Waals surface area contributed by atoms with Crippen molar-refractivity contribution in [3.05, 3.63) is 217 Å². The maximum Gasteiger partial charge on any atom is 0.148 e. The zero-order valence-electron chi connectivity index (χ0n) is 45.5. The minimum absolute atomic E-state index is 0. The Morgan fingerprint density at radius 1 is 0.507 bits per heavy atom. The predicted molar refractivity (Wildman–Crippen MR) is 303 cm³/mol. The minimum atomic E-state index is -1.18. The van der Waals surface area contributed by atoms with Crippen LogP contribution in [0.4, 0.5) is 0 Å². The monoisotopic (exact) mass is 1140 g/mol. The quantitative estimate of drug-likeness (QED) is 0.139. The van der Waals surface area contributed by atoms with Gasteiger partial charge in [-0.2, -0.15) is 0 Å². The largest absolute Gasteiger partial charge is 0.507 e. The standard InChI is InChI=1S/C68H64N3O.Pt/c1-43(2)51-39-58(44(3)4)65(72)60(40-51)66-70-64-57(22-17-23-63(64)71(66)62-33-32-56(68(8,9)10)42-59(62)49-28-30-55(31-29-49)67(5,6)7)53-36-52(46-20-15-12-16-21-46)37-54(38-53)61-41-50(34-35-69-61)48-26-24-47(25-27-48)45-18-13-11-14-19-45;/h11-37,39-44,72H,1-10H3;/q-1;/i43D,44D;. The molecule has 2 aromatic heterocycles. The first-order chi connectivity index (χ1) is 35.1. The molecule has 0 spiro atoms. The molecule has 0 amide bonds. The number of hydrogen-bond donors (Lipinski definition) is 1. The van der Waals surface area contributed by atoms with Crippen LogP contribution in [0.1, 0.15) is 106 Å².